The van der Waals surface area contributed by atoms with Gasteiger partial charge in [-0.2, -0.15) is 0 Å². The summed E-state index contributed by atoms with van der Waals surface area (Å²) in [6, 6.07) is 11.5. The highest BCUT2D eigenvalue weighted by atomic mass is 32.1. The molecule has 0 heterocycles. The molecule has 0 unspecified atom stereocenters. The maximum Gasteiger partial charge on any atom is 0.573 e. The van der Waals surface area contributed by atoms with Crippen LogP contribution in [0.5, 0.6) is 5.75 Å². The Morgan fingerprint density at radius 1 is 1.07 bits per heavy atom. The van der Waals surface area contributed by atoms with Crippen LogP contribution < -0.4 is 20.3 Å². The summed E-state index contributed by atoms with van der Waals surface area (Å²) in [6.07, 6.45) is -4.74. The van der Waals surface area contributed by atoms with Crippen LogP contribution >= 0.6 is 12.2 Å². The second-order valence-corrected chi connectivity index (χ2v) is 6.23. The van der Waals surface area contributed by atoms with Gasteiger partial charge in [-0.15, -0.1) is 13.2 Å². The number of anilines is 3. The van der Waals surface area contributed by atoms with Crippen LogP contribution in [-0.2, 0) is 0 Å². The molecule has 2 rings (SSSR count). The first-order valence-electron chi connectivity index (χ1n) is 8.51. The van der Waals surface area contributed by atoms with Crippen LogP contribution in [0.2, 0.25) is 0 Å². The Morgan fingerprint density at radius 2 is 1.78 bits per heavy atom. The van der Waals surface area contributed by atoms with Gasteiger partial charge in [0.15, 0.2) is 5.11 Å². The first kappa shape index (κ1) is 20.8. The third kappa shape index (κ3) is 6.32. The number of ether oxygens (including phenoxy) is 1. The molecular formula is C19H22F3N3OS. The molecule has 0 saturated heterocycles. The van der Waals surface area contributed by atoms with E-state index in [1.807, 2.05) is 19.1 Å². The minimum atomic E-state index is -4.74. The lowest BCUT2D eigenvalue weighted by Gasteiger charge is -2.22. The molecule has 0 bridgehead atoms. The molecule has 0 spiro atoms. The predicted octanol–water partition coefficient (Wildman–Crippen LogP) is 5.55. The molecule has 0 aliphatic heterocycles. The summed E-state index contributed by atoms with van der Waals surface area (Å²) in [5.74, 6) is -0.310. The molecular weight excluding hydrogens is 375 g/mol. The number of thiocarbonyl (C=S) groups is 1. The van der Waals surface area contributed by atoms with Gasteiger partial charge in [0.05, 0.1) is 0 Å². The van der Waals surface area contributed by atoms with Crippen molar-refractivity contribution in [3.63, 3.8) is 0 Å². The first-order valence-corrected chi connectivity index (χ1v) is 8.92. The Bertz CT molecular complexity index is 792. The Morgan fingerprint density at radius 3 is 2.37 bits per heavy atom. The second-order valence-electron chi connectivity index (χ2n) is 5.83. The number of hydrogen-bond acceptors (Lipinski definition) is 3. The Kier molecular flexibility index (Phi) is 6.90. The molecule has 0 aliphatic rings. The summed E-state index contributed by atoms with van der Waals surface area (Å²) in [5.41, 5.74) is 3.36. The van der Waals surface area contributed by atoms with Gasteiger partial charge in [0.1, 0.15) is 5.75 Å². The Balaban J connectivity index is 2.05. The molecule has 0 aromatic heterocycles. The molecule has 8 heteroatoms. The average Bonchev–Trinajstić information content (AvgIpc) is 2.57. The summed E-state index contributed by atoms with van der Waals surface area (Å²) < 4.78 is 40.9. The third-order valence-electron chi connectivity index (χ3n) is 3.91. The topological polar surface area (TPSA) is 36.5 Å². The van der Waals surface area contributed by atoms with Crippen molar-refractivity contribution in [1.29, 1.82) is 0 Å². The maximum absolute atomic E-state index is 12.3. The van der Waals surface area contributed by atoms with Gasteiger partial charge in [-0.1, -0.05) is 6.07 Å². The zero-order valence-corrected chi connectivity index (χ0v) is 16.2. The quantitative estimate of drug-likeness (QED) is 0.625. The van der Waals surface area contributed by atoms with Gasteiger partial charge in [-0.05, 0) is 68.9 Å². The van der Waals surface area contributed by atoms with E-state index in [1.165, 1.54) is 18.2 Å². The SMILES string of the molecule is CCN(CC)c1ccc(NC(=S)Nc2cccc(OC(F)(F)F)c2)c(C)c1. The number of halogens is 3. The van der Waals surface area contributed by atoms with E-state index < -0.39 is 6.36 Å². The van der Waals surface area contributed by atoms with Crippen LogP contribution in [0.15, 0.2) is 42.5 Å². The molecule has 2 aromatic rings. The summed E-state index contributed by atoms with van der Waals surface area (Å²) in [6.45, 7) is 8.00. The maximum atomic E-state index is 12.3. The fraction of sp³-hybridized carbons (Fsp3) is 0.316. The summed E-state index contributed by atoms with van der Waals surface area (Å²) in [5, 5.41) is 6.21. The van der Waals surface area contributed by atoms with E-state index in [0.29, 0.717) is 5.69 Å². The second kappa shape index (κ2) is 8.94. The van der Waals surface area contributed by atoms with Crippen LogP contribution in [0.25, 0.3) is 0 Å². The first-order chi connectivity index (χ1) is 12.7. The molecule has 0 saturated carbocycles. The van der Waals surface area contributed by atoms with Gasteiger partial charge >= 0.3 is 6.36 Å². The summed E-state index contributed by atoms with van der Waals surface area (Å²) in [7, 11) is 0. The van der Waals surface area contributed by atoms with E-state index in [2.05, 4.69) is 40.2 Å². The lowest BCUT2D eigenvalue weighted by molar-refractivity contribution is -0.274. The minimum Gasteiger partial charge on any atom is -0.406 e. The minimum absolute atomic E-state index is 0.276. The van der Waals surface area contributed by atoms with E-state index in [0.717, 1.165) is 30.0 Å². The lowest BCUT2D eigenvalue weighted by Crippen LogP contribution is -2.22. The van der Waals surface area contributed by atoms with Gasteiger partial charge < -0.3 is 20.3 Å². The highest BCUT2D eigenvalue weighted by molar-refractivity contribution is 7.80. The molecule has 0 amide bonds. The third-order valence-corrected chi connectivity index (χ3v) is 4.12. The zero-order valence-electron chi connectivity index (χ0n) is 15.4. The van der Waals surface area contributed by atoms with Gasteiger partial charge in [-0.3, -0.25) is 0 Å². The molecule has 4 nitrogen and oxygen atoms in total. The molecule has 0 fully saturated rings. The van der Waals surface area contributed by atoms with Crippen molar-refractivity contribution in [3.05, 3.63) is 48.0 Å². The smallest absolute Gasteiger partial charge is 0.406 e. The number of hydrogen-bond donors (Lipinski definition) is 2. The van der Waals surface area contributed by atoms with Crippen molar-refractivity contribution >= 4 is 34.4 Å². The van der Waals surface area contributed by atoms with Crippen molar-refractivity contribution in [2.24, 2.45) is 0 Å². The van der Waals surface area contributed by atoms with E-state index in [1.54, 1.807) is 6.07 Å². The molecule has 0 aliphatic carbocycles. The van der Waals surface area contributed by atoms with Crippen molar-refractivity contribution in [1.82, 2.24) is 0 Å². The van der Waals surface area contributed by atoms with Crippen molar-refractivity contribution in [3.8, 4) is 5.75 Å². The largest absolute Gasteiger partial charge is 0.573 e. The molecule has 27 heavy (non-hydrogen) atoms. The fourth-order valence-corrected chi connectivity index (χ4v) is 2.86. The number of rotatable bonds is 6. The highest BCUT2D eigenvalue weighted by Crippen LogP contribution is 2.26. The number of nitrogens with one attached hydrogen (secondary N) is 2. The van der Waals surface area contributed by atoms with Gasteiger partial charge in [0.2, 0.25) is 0 Å². The van der Waals surface area contributed by atoms with Crippen molar-refractivity contribution < 1.29 is 17.9 Å². The normalized spacial score (nSPS) is 11.0. The molecule has 0 radical (unpaired) electrons. The van der Waals surface area contributed by atoms with Crippen molar-refractivity contribution in [2.45, 2.75) is 27.1 Å². The Hall–Kier alpha value is -2.48. The summed E-state index contributed by atoms with van der Waals surface area (Å²) in [4.78, 5) is 2.24. The van der Waals surface area contributed by atoms with E-state index in [4.69, 9.17) is 12.2 Å². The van der Waals surface area contributed by atoms with Crippen LogP contribution in [0.3, 0.4) is 0 Å². The lowest BCUT2D eigenvalue weighted by atomic mass is 10.1. The number of alkyl halides is 3. The molecule has 146 valence electrons. The Labute approximate surface area is 162 Å². The van der Waals surface area contributed by atoms with Gasteiger partial charge in [0.25, 0.3) is 0 Å². The fourth-order valence-electron chi connectivity index (χ4n) is 2.63. The van der Waals surface area contributed by atoms with Gasteiger partial charge in [-0.25, -0.2) is 0 Å². The van der Waals surface area contributed by atoms with E-state index in [9.17, 15) is 13.2 Å². The van der Waals surface area contributed by atoms with Crippen LogP contribution in [0, 0.1) is 6.92 Å². The van der Waals surface area contributed by atoms with E-state index in [-0.39, 0.29) is 10.9 Å². The standard InChI is InChI=1S/C19H22F3N3OS/c1-4-25(5-2)15-9-10-17(13(3)11-15)24-18(27)23-14-7-6-8-16(12-14)26-19(20,21)22/h6-12H,4-5H2,1-3H3,(H2,23,24,27). The molecule has 0 atom stereocenters. The van der Waals surface area contributed by atoms with Crippen molar-refractivity contribution in [2.75, 3.05) is 28.6 Å². The number of benzene rings is 2. The van der Waals surface area contributed by atoms with Crippen LogP contribution in [-0.4, -0.2) is 24.6 Å². The number of aryl methyl sites for hydroxylation is 1. The monoisotopic (exact) mass is 397 g/mol. The van der Waals surface area contributed by atoms with Gasteiger partial charge in [0, 0.05) is 36.2 Å². The van der Waals surface area contributed by atoms with Crippen LogP contribution in [0.4, 0.5) is 30.2 Å². The average molecular weight is 397 g/mol. The number of nitrogens with zero attached hydrogens (tertiary/aromatic N) is 1. The highest BCUT2D eigenvalue weighted by Gasteiger charge is 2.31. The van der Waals surface area contributed by atoms with E-state index >= 15 is 0 Å². The zero-order chi connectivity index (χ0) is 20.0. The van der Waals surface area contributed by atoms with Crippen LogP contribution in [0.1, 0.15) is 19.4 Å². The molecule has 2 N–H and O–H groups in total. The summed E-state index contributed by atoms with van der Waals surface area (Å²) >= 11 is 5.27. The predicted molar refractivity (Wildman–Crippen MR) is 108 cm³/mol. The molecule has 2 aromatic carbocycles.